The molecule has 2 aromatic carbocycles. The molecule has 0 aliphatic rings. The van der Waals surface area contributed by atoms with Crippen LogP contribution in [0.4, 0.5) is 5.69 Å². The molecule has 0 amide bonds. The molecule has 0 spiro atoms. The third-order valence-corrected chi connectivity index (χ3v) is 6.66. The van der Waals surface area contributed by atoms with E-state index in [9.17, 15) is 26.9 Å². The van der Waals surface area contributed by atoms with Gasteiger partial charge in [-0.05, 0) is 37.1 Å². The summed E-state index contributed by atoms with van der Waals surface area (Å²) in [6.45, 7) is 3.05. The molecule has 0 saturated heterocycles. The topological polar surface area (TPSA) is 123 Å². The Hall–Kier alpha value is -2.30. The van der Waals surface area contributed by atoms with Gasteiger partial charge in [-0.3, -0.25) is 10.1 Å². The van der Waals surface area contributed by atoms with Gasteiger partial charge >= 0.3 is 0 Å². The second-order valence-corrected chi connectivity index (χ2v) is 9.53. The zero-order valence-corrected chi connectivity index (χ0v) is 16.0. The number of hydrogen-bond donors (Lipinski definition) is 1. The molecular formula is C16H18N2O6S2. The lowest BCUT2D eigenvalue weighted by atomic mass is 10.1. The Balaban J connectivity index is 2.37. The van der Waals surface area contributed by atoms with Gasteiger partial charge in [0, 0.05) is 18.4 Å². The van der Waals surface area contributed by atoms with Gasteiger partial charge < -0.3 is 0 Å². The number of sulfonamides is 1. The molecule has 140 valence electrons. The first kappa shape index (κ1) is 20.0. The van der Waals surface area contributed by atoms with Gasteiger partial charge in [-0.15, -0.1) is 0 Å². The molecule has 0 bridgehead atoms. The van der Waals surface area contributed by atoms with Crippen molar-refractivity contribution in [1.82, 2.24) is 4.72 Å². The molecule has 1 unspecified atom stereocenters. The summed E-state index contributed by atoms with van der Waals surface area (Å²) in [6, 6.07) is 9.07. The maximum absolute atomic E-state index is 12.7. The molecule has 26 heavy (non-hydrogen) atoms. The quantitative estimate of drug-likeness (QED) is 0.588. The molecule has 10 heteroatoms. The largest absolute Gasteiger partial charge is 0.289 e. The average Bonchev–Trinajstić information content (AvgIpc) is 2.53. The van der Waals surface area contributed by atoms with Crippen LogP contribution in [-0.2, 0) is 19.9 Å². The summed E-state index contributed by atoms with van der Waals surface area (Å²) in [5, 5.41) is 11.2. The average molecular weight is 398 g/mol. The lowest BCUT2D eigenvalue weighted by Crippen LogP contribution is -2.28. The third-order valence-electron chi connectivity index (χ3n) is 3.80. The van der Waals surface area contributed by atoms with Crippen LogP contribution in [0.3, 0.4) is 0 Å². The maximum atomic E-state index is 12.7. The van der Waals surface area contributed by atoms with Crippen molar-refractivity contribution in [2.24, 2.45) is 0 Å². The molecule has 0 saturated carbocycles. The highest BCUT2D eigenvalue weighted by atomic mass is 32.2. The first-order chi connectivity index (χ1) is 11.9. The SMILES string of the molecule is Cc1cccc([N+](=O)[O-])c1S(=O)(=O)NC(C)c1ccc(S(C)(=O)=O)cc1. The van der Waals surface area contributed by atoms with Crippen LogP contribution in [0.25, 0.3) is 0 Å². The van der Waals surface area contributed by atoms with Crippen molar-refractivity contribution in [2.45, 2.75) is 29.7 Å². The smallest absolute Gasteiger partial charge is 0.258 e. The Kier molecular flexibility index (Phi) is 5.49. The molecule has 8 nitrogen and oxygen atoms in total. The van der Waals surface area contributed by atoms with E-state index in [2.05, 4.69) is 4.72 Å². The minimum Gasteiger partial charge on any atom is -0.258 e. The van der Waals surface area contributed by atoms with Gasteiger partial charge in [-0.25, -0.2) is 21.6 Å². The molecular weight excluding hydrogens is 380 g/mol. The zero-order chi connectivity index (χ0) is 19.7. The number of hydrogen-bond acceptors (Lipinski definition) is 6. The van der Waals surface area contributed by atoms with Crippen molar-refractivity contribution in [3.8, 4) is 0 Å². The summed E-state index contributed by atoms with van der Waals surface area (Å²) < 4.78 is 50.7. The molecule has 0 radical (unpaired) electrons. The van der Waals surface area contributed by atoms with Gasteiger partial charge in [-0.2, -0.15) is 0 Å². The number of nitro groups is 1. The lowest BCUT2D eigenvalue weighted by Gasteiger charge is -2.16. The normalized spacial score (nSPS) is 13.3. The van der Waals surface area contributed by atoms with Crippen LogP contribution in [0.1, 0.15) is 24.1 Å². The van der Waals surface area contributed by atoms with Crippen LogP contribution in [-0.4, -0.2) is 28.0 Å². The van der Waals surface area contributed by atoms with E-state index in [1.165, 1.54) is 43.3 Å². The fraction of sp³-hybridized carbons (Fsp3) is 0.250. The Bertz CT molecular complexity index is 1040. The summed E-state index contributed by atoms with van der Waals surface area (Å²) in [7, 11) is -7.52. The fourth-order valence-corrected chi connectivity index (χ4v) is 4.75. The molecule has 1 atom stereocenters. The summed E-state index contributed by atoms with van der Waals surface area (Å²) in [4.78, 5) is 10.2. The van der Waals surface area contributed by atoms with Gasteiger partial charge in [0.1, 0.15) is 0 Å². The number of aryl methyl sites for hydroxylation is 1. The molecule has 0 aromatic heterocycles. The molecule has 2 rings (SSSR count). The highest BCUT2D eigenvalue weighted by molar-refractivity contribution is 7.90. The van der Waals surface area contributed by atoms with Crippen LogP contribution < -0.4 is 4.72 Å². The molecule has 1 N–H and O–H groups in total. The Morgan fingerprint density at radius 2 is 1.62 bits per heavy atom. The molecule has 2 aromatic rings. The molecule has 0 fully saturated rings. The summed E-state index contributed by atoms with van der Waals surface area (Å²) in [6.07, 6.45) is 1.07. The predicted octanol–water partition coefficient (Wildman–Crippen LogP) is 2.35. The zero-order valence-electron chi connectivity index (χ0n) is 14.3. The molecule has 0 aliphatic heterocycles. The second-order valence-electron chi connectivity index (χ2n) is 5.86. The van der Waals surface area contributed by atoms with E-state index in [0.717, 1.165) is 12.3 Å². The van der Waals surface area contributed by atoms with Gasteiger partial charge in [-0.1, -0.05) is 24.3 Å². The van der Waals surface area contributed by atoms with Crippen molar-refractivity contribution >= 4 is 25.5 Å². The van der Waals surface area contributed by atoms with Crippen molar-refractivity contribution in [3.05, 3.63) is 63.7 Å². The maximum Gasteiger partial charge on any atom is 0.289 e. The molecule has 0 heterocycles. The van der Waals surface area contributed by atoms with E-state index >= 15 is 0 Å². The number of nitrogens with one attached hydrogen (secondary N) is 1. The first-order valence-electron chi connectivity index (χ1n) is 7.50. The van der Waals surface area contributed by atoms with E-state index in [1.54, 1.807) is 6.92 Å². The van der Waals surface area contributed by atoms with Crippen molar-refractivity contribution in [2.75, 3.05) is 6.26 Å². The van der Waals surface area contributed by atoms with E-state index in [-0.39, 0.29) is 15.4 Å². The summed E-state index contributed by atoms with van der Waals surface area (Å²) in [5.41, 5.74) is 0.278. The Morgan fingerprint density at radius 1 is 1.04 bits per heavy atom. The number of nitrogens with zero attached hydrogens (tertiary/aromatic N) is 1. The van der Waals surface area contributed by atoms with E-state index in [4.69, 9.17) is 0 Å². The minimum atomic E-state index is -4.16. The second kappa shape index (κ2) is 7.14. The van der Waals surface area contributed by atoms with E-state index < -0.39 is 36.5 Å². The van der Waals surface area contributed by atoms with Crippen molar-refractivity contribution in [1.29, 1.82) is 0 Å². The van der Waals surface area contributed by atoms with E-state index in [0.29, 0.717) is 5.56 Å². The van der Waals surface area contributed by atoms with Crippen molar-refractivity contribution < 1.29 is 21.8 Å². The highest BCUT2D eigenvalue weighted by Crippen LogP contribution is 2.28. The van der Waals surface area contributed by atoms with Crippen LogP contribution in [0.15, 0.2) is 52.3 Å². The third kappa shape index (κ3) is 4.26. The lowest BCUT2D eigenvalue weighted by molar-refractivity contribution is -0.387. The molecule has 0 aliphatic carbocycles. The van der Waals surface area contributed by atoms with Crippen LogP contribution in [0.5, 0.6) is 0 Å². The number of rotatable bonds is 6. The summed E-state index contributed by atoms with van der Waals surface area (Å²) in [5.74, 6) is 0. The standard InChI is InChI=1S/C16H18N2O6S2/c1-11-5-4-6-15(18(19)20)16(11)26(23,24)17-12(2)13-7-9-14(10-8-13)25(3,21)22/h4-10,12,17H,1-3H3. The number of nitro benzene ring substituents is 1. The van der Waals surface area contributed by atoms with Crippen LogP contribution >= 0.6 is 0 Å². The summed E-state index contributed by atoms with van der Waals surface area (Å²) >= 11 is 0. The van der Waals surface area contributed by atoms with E-state index in [1.807, 2.05) is 0 Å². The Labute approximate surface area is 152 Å². The van der Waals surface area contributed by atoms with Gasteiger partial charge in [0.2, 0.25) is 10.0 Å². The fourth-order valence-electron chi connectivity index (χ4n) is 2.49. The van der Waals surface area contributed by atoms with Crippen LogP contribution in [0, 0.1) is 17.0 Å². The highest BCUT2D eigenvalue weighted by Gasteiger charge is 2.29. The van der Waals surface area contributed by atoms with Gasteiger partial charge in [0.05, 0.1) is 9.82 Å². The van der Waals surface area contributed by atoms with Crippen LogP contribution in [0.2, 0.25) is 0 Å². The number of sulfone groups is 1. The minimum absolute atomic E-state index is 0.117. The van der Waals surface area contributed by atoms with Crippen molar-refractivity contribution in [3.63, 3.8) is 0 Å². The predicted molar refractivity (Wildman–Crippen MR) is 96.1 cm³/mol. The first-order valence-corrected chi connectivity index (χ1v) is 10.9. The Morgan fingerprint density at radius 3 is 2.12 bits per heavy atom. The van der Waals surface area contributed by atoms with Gasteiger partial charge in [0.15, 0.2) is 14.7 Å². The van der Waals surface area contributed by atoms with Gasteiger partial charge in [0.25, 0.3) is 5.69 Å². The monoisotopic (exact) mass is 398 g/mol. The number of benzene rings is 2.